The van der Waals surface area contributed by atoms with Crippen molar-refractivity contribution in [3.63, 3.8) is 0 Å². The van der Waals surface area contributed by atoms with Gasteiger partial charge in [-0.1, -0.05) is 0 Å². The average Bonchev–Trinajstić information content (AvgIpc) is 2.18. The van der Waals surface area contributed by atoms with Gasteiger partial charge in [-0.3, -0.25) is 0 Å². The summed E-state index contributed by atoms with van der Waals surface area (Å²) in [6.07, 6.45) is 3.65. The molecule has 74 valence electrons. The fourth-order valence-electron chi connectivity index (χ4n) is 0.980. The van der Waals surface area contributed by atoms with E-state index < -0.39 is 0 Å². The number of hydrogen-bond donors (Lipinski definition) is 0. The third kappa shape index (κ3) is 5.00. The molecule has 1 rings (SSSR count). The Kier molecular flexibility index (Phi) is 5.28. The van der Waals surface area contributed by atoms with Crippen molar-refractivity contribution >= 4 is 25.2 Å². The predicted octanol–water partition coefficient (Wildman–Crippen LogP) is 1.90. The van der Waals surface area contributed by atoms with E-state index in [2.05, 4.69) is 35.3 Å². The molecule has 0 saturated carbocycles. The first-order valence-electron chi connectivity index (χ1n) is 4.65. The van der Waals surface area contributed by atoms with Crippen molar-refractivity contribution in [3.8, 4) is 0 Å². The summed E-state index contributed by atoms with van der Waals surface area (Å²) in [6, 6.07) is 10.4. The van der Waals surface area contributed by atoms with Crippen LogP contribution in [0.15, 0.2) is 41.4 Å². The first-order chi connectivity index (χ1) is 6.79. The minimum atomic E-state index is 0.266. The number of Topliss-reactive ketones (excluding diaryl/α,β-unsaturated/α-hetero) is 1. The number of benzene rings is 1. The fourth-order valence-corrected chi connectivity index (χ4v) is 2.46. The van der Waals surface area contributed by atoms with Crippen LogP contribution in [0.5, 0.6) is 0 Å². The Morgan fingerprint density at radius 1 is 1.36 bits per heavy atom. The second-order valence-corrected chi connectivity index (χ2v) is 5.10. The summed E-state index contributed by atoms with van der Waals surface area (Å²) in [6.45, 7) is 1.64. The summed E-state index contributed by atoms with van der Waals surface area (Å²) < 4.78 is 1.37. The van der Waals surface area contributed by atoms with Gasteiger partial charge < -0.3 is 0 Å². The van der Waals surface area contributed by atoms with Gasteiger partial charge in [0.15, 0.2) is 0 Å². The van der Waals surface area contributed by atoms with E-state index in [0.29, 0.717) is 21.4 Å². The molecule has 0 amide bonds. The van der Waals surface area contributed by atoms with Crippen molar-refractivity contribution in [1.29, 1.82) is 0 Å². The van der Waals surface area contributed by atoms with E-state index in [0.717, 1.165) is 6.42 Å². The summed E-state index contributed by atoms with van der Waals surface area (Å²) in [7, 11) is 0. The van der Waals surface area contributed by atoms with Crippen molar-refractivity contribution in [2.75, 3.05) is 0 Å². The summed E-state index contributed by atoms with van der Waals surface area (Å²) in [5, 5.41) is 0. The Morgan fingerprint density at radius 2 is 2.07 bits per heavy atom. The normalized spacial score (nSPS) is 10.6. The molecule has 0 atom stereocenters. The zero-order chi connectivity index (χ0) is 10.2. The summed E-state index contributed by atoms with van der Waals surface area (Å²) in [5.41, 5.74) is 0. The van der Waals surface area contributed by atoms with Crippen LogP contribution >= 0.6 is 0 Å². The Balaban J connectivity index is 2.24. The van der Waals surface area contributed by atoms with E-state index in [1.165, 1.54) is 4.46 Å². The molecule has 0 aromatic heterocycles. The van der Waals surface area contributed by atoms with Crippen LogP contribution in [-0.4, -0.2) is 20.7 Å². The molecule has 0 unspecified atom stereocenters. The number of carbonyl (C=O) groups excluding carboxylic acids is 1. The number of hydrogen-bond acceptors (Lipinski definition) is 1. The van der Waals surface area contributed by atoms with Gasteiger partial charge in [-0.25, -0.2) is 0 Å². The van der Waals surface area contributed by atoms with Crippen LogP contribution in [0.4, 0.5) is 0 Å². The van der Waals surface area contributed by atoms with E-state index in [1.54, 1.807) is 6.92 Å². The van der Waals surface area contributed by atoms with Crippen LogP contribution in [-0.2, 0) is 4.79 Å². The molecule has 0 spiro atoms. The topological polar surface area (TPSA) is 17.1 Å². The Labute approximate surface area is 91.4 Å². The molecule has 2 heteroatoms. The van der Waals surface area contributed by atoms with Crippen LogP contribution in [0.2, 0.25) is 0 Å². The summed E-state index contributed by atoms with van der Waals surface area (Å²) in [5.74, 6) is 0.266. The Hall–Kier alpha value is -0.851. The summed E-state index contributed by atoms with van der Waals surface area (Å²) in [4.78, 5) is 12.8. The Morgan fingerprint density at radius 3 is 2.71 bits per heavy atom. The maximum atomic E-state index is 10.6. The third-order valence-electron chi connectivity index (χ3n) is 1.71. The van der Waals surface area contributed by atoms with Crippen molar-refractivity contribution in [1.82, 2.24) is 0 Å². The van der Waals surface area contributed by atoms with Gasteiger partial charge in [-0.05, 0) is 0 Å². The number of carbonyl (C=O) groups is 1. The Bertz CT molecular complexity index is 303. The first kappa shape index (κ1) is 11.2. The number of rotatable bonds is 5. The second kappa shape index (κ2) is 6.58. The van der Waals surface area contributed by atoms with Gasteiger partial charge in [0.25, 0.3) is 0 Å². The van der Waals surface area contributed by atoms with E-state index in [-0.39, 0.29) is 5.78 Å². The van der Waals surface area contributed by atoms with E-state index in [9.17, 15) is 4.79 Å². The van der Waals surface area contributed by atoms with Crippen molar-refractivity contribution < 1.29 is 4.79 Å². The molecule has 0 N–H and O–H groups in total. The van der Waals surface area contributed by atoms with Crippen molar-refractivity contribution in [2.45, 2.75) is 19.8 Å². The molecule has 0 heterocycles. The number of allylic oxidation sites excluding steroid dienone is 1. The van der Waals surface area contributed by atoms with Crippen molar-refractivity contribution in [3.05, 3.63) is 41.4 Å². The second-order valence-electron chi connectivity index (χ2n) is 3.04. The van der Waals surface area contributed by atoms with Gasteiger partial charge in [-0.2, -0.15) is 0 Å². The molecule has 1 aromatic rings. The third-order valence-corrected chi connectivity index (χ3v) is 3.54. The molecule has 1 nitrogen and oxygen atoms in total. The SMILES string of the molecule is CC(=O)CCC=C[Se]c1ccccc1. The van der Waals surface area contributed by atoms with Crippen LogP contribution in [0.1, 0.15) is 19.8 Å². The van der Waals surface area contributed by atoms with Crippen molar-refractivity contribution in [2.24, 2.45) is 0 Å². The molecule has 0 saturated heterocycles. The molecule has 0 fully saturated rings. The predicted molar refractivity (Wildman–Crippen MR) is 60.9 cm³/mol. The molecule has 14 heavy (non-hydrogen) atoms. The van der Waals surface area contributed by atoms with Crippen LogP contribution in [0, 0.1) is 0 Å². The summed E-state index contributed by atoms with van der Waals surface area (Å²) >= 11 is 0.415. The zero-order valence-electron chi connectivity index (χ0n) is 8.27. The maximum absolute atomic E-state index is 10.6. The standard InChI is InChI=1S/C12H14OSe/c1-11(13)7-5-6-10-14-12-8-3-2-4-9-12/h2-4,6,8-10H,5,7H2,1H3. The molecule has 0 aliphatic heterocycles. The van der Waals surface area contributed by atoms with Gasteiger partial charge in [-0.15, -0.1) is 0 Å². The molecular formula is C12H14OSe. The first-order valence-corrected chi connectivity index (χ1v) is 6.50. The van der Waals surface area contributed by atoms with Gasteiger partial charge in [0.05, 0.1) is 0 Å². The van der Waals surface area contributed by atoms with Gasteiger partial charge in [0.2, 0.25) is 0 Å². The molecule has 1 aromatic carbocycles. The molecule has 0 aliphatic carbocycles. The van der Waals surface area contributed by atoms with Gasteiger partial charge >= 0.3 is 91.1 Å². The average molecular weight is 253 g/mol. The molecule has 0 radical (unpaired) electrons. The number of ketones is 1. The zero-order valence-corrected chi connectivity index (χ0v) is 9.99. The monoisotopic (exact) mass is 254 g/mol. The van der Waals surface area contributed by atoms with E-state index >= 15 is 0 Å². The molecule has 0 aliphatic rings. The quantitative estimate of drug-likeness (QED) is 0.732. The van der Waals surface area contributed by atoms with Gasteiger partial charge in [0.1, 0.15) is 0 Å². The van der Waals surface area contributed by atoms with Crippen LogP contribution < -0.4 is 4.46 Å². The minimum absolute atomic E-state index is 0.266. The van der Waals surface area contributed by atoms with Gasteiger partial charge in [0, 0.05) is 0 Å². The fraction of sp³-hybridized carbons (Fsp3) is 0.250. The van der Waals surface area contributed by atoms with E-state index in [4.69, 9.17) is 0 Å². The molecule has 0 bridgehead atoms. The van der Waals surface area contributed by atoms with E-state index in [1.807, 2.05) is 6.07 Å². The van der Waals surface area contributed by atoms with Crippen LogP contribution in [0.25, 0.3) is 0 Å². The molecular weight excluding hydrogens is 239 g/mol. The van der Waals surface area contributed by atoms with Crippen LogP contribution in [0.3, 0.4) is 0 Å².